The van der Waals surface area contributed by atoms with Crippen molar-refractivity contribution in [2.75, 3.05) is 47.5 Å². The van der Waals surface area contributed by atoms with Crippen molar-refractivity contribution in [3.05, 3.63) is 122 Å². The minimum absolute atomic E-state index is 0.133. The minimum atomic E-state index is -1.64. The topological polar surface area (TPSA) is 111 Å². The van der Waals surface area contributed by atoms with Crippen LogP contribution in [0.25, 0.3) is 0 Å². The van der Waals surface area contributed by atoms with Crippen LogP contribution in [0, 0.1) is 0 Å². The molecule has 2 unspecified atom stereocenters. The minimum Gasteiger partial charge on any atom is -0.545 e. The largest absolute Gasteiger partial charge is 0.545 e. The molecule has 0 aromatic rings. The van der Waals surface area contributed by atoms with E-state index in [1.165, 1.54) is 109 Å². The molecule has 0 aliphatic rings. The Kier molecular flexibility index (Phi) is 54.6. The fraction of sp³-hybridized carbons (Fsp3) is 0.662. The van der Waals surface area contributed by atoms with Gasteiger partial charge in [0.1, 0.15) is 13.2 Å². The number of esters is 2. The van der Waals surface area contributed by atoms with E-state index in [9.17, 15) is 19.5 Å². The number of carbonyl (C=O) groups excluding carboxylic acids is 3. The van der Waals surface area contributed by atoms with Gasteiger partial charge < -0.3 is 33.3 Å². The van der Waals surface area contributed by atoms with Gasteiger partial charge in [-0.25, -0.2) is 0 Å². The van der Waals surface area contributed by atoms with Gasteiger partial charge in [-0.15, -0.1) is 0 Å². The Morgan fingerprint density at radius 2 is 0.727 bits per heavy atom. The van der Waals surface area contributed by atoms with Gasteiger partial charge in [-0.3, -0.25) is 9.59 Å². The first kappa shape index (κ1) is 72.7. The lowest BCUT2D eigenvalue weighted by Crippen LogP contribution is -2.44. The number of hydrogen-bond donors (Lipinski definition) is 0. The number of rotatable bonds is 55. The Hall–Kier alpha value is -4.31. The van der Waals surface area contributed by atoms with E-state index in [-0.39, 0.29) is 32.7 Å². The van der Waals surface area contributed by atoms with Crippen molar-refractivity contribution in [1.82, 2.24) is 0 Å². The fourth-order valence-electron chi connectivity index (χ4n) is 8.08. The number of hydrogen-bond acceptors (Lipinski definition) is 8. The Bertz CT molecular complexity index is 1670. The summed E-state index contributed by atoms with van der Waals surface area (Å²) in [5, 5.41) is 11.8. The normalized spacial score (nSPS) is 13.6. The molecule has 0 bridgehead atoms. The van der Waals surface area contributed by atoms with Gasteiger partial charge in [0.15, 0.2) is 12.4 Å². The van der Waals surface area contributed by atoms with Crippen LogP contribution in [0.1, 0.15) is 232 Å². The Morgan fingerprint density at radius 1 is 0.390 bits per heavy atom. The molecule has 0 N–H and O–H groups in total. The van der Waals surface area contributed by atoms with Gasteiger partial charge in [-0.1, -0.05) is 251 Å². The molecule has 0 spiro atoms. The van der Waals surface area contributed by atoms with Crippen molar-refractivity contribution in [2.24, 2.45) is 0 Å². The fourth-order valence-corrected chi connectivity index (χ4v) is 8.08. The monoisotopic (exact) mass is 1070 g/mol. The molecule has 0 radical (unpaired) electrons. The molecule has 438 valence electrons. The lowest BCUT2D eigenvalue weighted by molar-refractivity contribution is -0.870. The molecular formula is C68H113NO8. The number of allylic oxidation sites excluding steroid dienone is 20. The Morgan fingerprint density at radius 3 is 1.09 bits per heavy atom. The first-order valence-electron chi connectivity index (χ1n) is 30.7. The highest BCUT2D eigenvalue weighted by atomic mass is 16.7. The predicted molar refractivity (Wildman–Crippen MR) is 324 cm³/mol. The van der Waals surface area contributed by atoms with E-state index >= 15 is 0 Å². The van der Waals surface area contributed by atoms with Gasteiger partial charge in [-0.05, 0) is 89.9 Å². The van der Waals surface area contributed by atoms with Gasteiger partial charge in [-0.2, -0.15) is 0 Å². The number of carboxylic acids is 1. The number of nitrogens with zero attached hydrogens (tertiary/aromatic N) is 1. The molecule has 0 aromatic heterocycles. The number of unbranched alkanes of at least 4 members (excludes halogenated alkanes) is 20. The second-order valence-electron chi connectivity index (χ2n) is 21.2. The maximum Gasteiger partial charge on any atom is 0.306 e. The van der Waals surface area contributed by atoms with Crippen molar-refractivity contribution < 1.29 is 42.9 Å². The summed E-state index contributed by atoms with van der Waals surface area (Å²) in [6.45, 7) is 4.42. The Balaban J connectivity index is 4.04. The van der Waals surface area contributed by atoms with Gasteiger partial charge in [0.05, 0.1) is 40.3 Å². The molecule has 0 saturated carbocycles. The smallest absolute Gasteiger partial charge is 0.306 e. The summed E-state index contributed by atoms with van der Waals surface area (Å²) in [6, 6.07) is 0. The molecule has 9 heteroatoms. The number of likely N-dealkylation sites (N-methyl/N-ethyl adjacent to an activating group) is 1. The summed E-state index contributed by atoms with van der Waals surface area (Å²) < 4.78 is 22.6. The molecule has 2 atom stereocenters. The number of carboxylic acid groups (broad SMARTS) is 1. The van der Waals surface area contributed by atoms with Crippen molar-refractivity contribution in [1.29, 1.82) is 0 Å². The highest BCUT2D eigenvalue weighted by Crippen LogP contribution is 2.16. The lowest BCUT2D eigenvalue weighted by Gasteiger charge is -2.26. The van der Waals surface area contributed by atoms with Crippen molar-refractivity contribution in [2.45, 2.75) is 245 Å². The standard InChI is InChI=1S/C68H113NO8/c1-6-8-10-12-14-16-18-20-21-22-23-24-25-26-27-28-29-30-31-32-33-34-35-36-37-38-39-40-41-42-43-44-45-47-49-51-53-55-57-59-66(71)77-64(63-76-68(67(72)73)74-61-60-69(3,4)5)62-75-65(70)58-56-54-52-50-48-46-19-17-15-13-11-9-7-2/h8-11,14-17,20-21,23-24,26-27,29-30,46,48,52,54,64,68H,6-7,12-13,18-19,22,25,28,31-45,47,49-51,53,55-63H2,1-5H3/b10-8-,11-9-,16-14-,17-15-,21-20-,24-23-,27-26-,30-29-,48-46-,54-52-. The third-order valence-corrected chi connectivity index (χ3v) is 12.7. The number of ether oxygens (including phenoxy) is 4. The highest BCUT2D eigenvalue weighted by molar-refractivity contribution is 5.70. The zero-order valence-corrected chi connectivity index (χ0v) is 49.8. The third kappa shape index (κ3) is 59.2. The van der Waals surface area contributed by atoms with Crippen molar-refractivity contribution >= 4 is 17.9 Å². The number of aliphatic carboxylic acids is 1. The predicted octanol–water partition coefficient (Wildman–Crippen LogP) is 17.1. The van der Waals surface area contributed by atoms with E-state index in [1.54, 1.807) is 0 Å². The lowest BCUT2D eigenvalue weighted by atomic mass is 10.0. The summed E-state index contributed by atoms with van der Waals surface area (Å²) in [7, 11) is 5.90. The highest BCUT2D eigenvalue weighted by Gasteiger charge is 2.22. The van der Waals surface area contributed by atoms with E-state index in [0.717, 1.165) is 83.5 Å². The maximum atomic E-state index is 12.9. The summed E-state index contributed by atoms with van der Waals surface area (Å²) in [4.78, 5) is 37.2. The second-order valence-corrected chi connectivity index (χ2v) is 21.2. The van der Waals surface area contributed by atoms with Crippen LogP contribution in [0.15, 0.2) is 122 Å². The van der Waals surface area contributed by atoms with Gasteiger partial charge in [0.2, 0.25) is 0 Å². The molecule has 0 fully saturated rings. The van der Waals surface area contributed by atoms with Crippen molar-refractivity contribution in [3.8, 4) is 0 Å². The van der Waals surface area contributed by atoms with Gasteiger partial charge in [0.25, 0.3) is 0 Å². The zero-order valence-electron chi connectivity index (χ0n) is 49.8. The van der Waals surface area contributed by atoms with E-state index in [0.29, 0.717) is 23.9 Å². The van der Waals surface area contributed by atoms with E-state index in [2.05, 4.69) is 123 Å². The SMILES string of the molecule is CC/C=C\C/C=C\C/C=C\C/C=C\C/C=C\C/C=C\CCCCCCCCCCCCCCCCCCCCCCC(=O)OC(COC(=O)CC/C=C\C/C=C\C/C=C\C/C=C\CC)COC(OCC[N+](C)(C)C)C(=O)[O-]. The average molecular weight is 1070 g/mol. The molecule has 0 heterocycles. The molecule has 0 aliphatic carbocycles. The maximum absolute atomic E-state index is 12.9. The molecule has 0 aromatic carbocycles. The van der Waals surface area contributed by atoms with E-state index in [1.807, 2.05) is 33.3 Å². The summed E-state index contributed by atoms with van der Waals surface area (Å²) in [5.74, 6) is -2.39. The van der Waals surface area contributed by atoms with Crippen LogP contribution in [-0.4, -0.2) is 82.3 Å². The average Bonchev–Trinajstić information content (AvgIpc) is 3.40. The van der Waals surface area contributed by atoms with Crippen LogP contribution >= 0.6 is 0 Å². The molecule has 0 amide bonds. The van der Waals surface area contributed by atoms with Crippen LogP contribution in [0.5, 0.6) is 0 Å². The van der Waals surface area contributed by atoms with Crippen LogP contribution in [0.3, 0.4) is 0 Å². The molecule has 0 aliphatic heterocycles. The van der Waals surface area contributed by atoms with Crippen LogP contribution < -0.4 is 5.11 Å². The van der Waals surface area contributed by atoms with E-state index < -0.39 is 30.3 Å². The number of carbonyl (C=O) groups is 3. The molecule has 9 nitrogen and oxygen atoms in total. The van der Waals surface area contributed by atoms with Gasteiger partial charge >= 0.3 is 11.9 Å². The molecule has 77 heavy (non-hydrogen) atoms. The van der Waals surface area contributed by atoms with Crippen LogP contribution in [-0.2, 0) is 33.3 Å². The molecule has 0 saturated heterocycles. The molecule has 0 rings (SSSR count). The van der Waals surface area contributed by atoms with E-state index in [4.69, 9.17) is 18.9 Å². The van der Waals surface area contributed by atoms with Crippen LogP contribution in [0.4, 0.5) is 0 Å². The second kappa shape index (κ2) is 57.9. The quantitative estimate of drug-likeness (QED) is 0.0195. The molecular weight excluding hydrogens is 959 g/mol. The zero-order chi connectivity index (χ0) is 56.2. The summed E-state index contributed by atoms with van der Waals surface area (Å²) in [5.41, 5.74) is 0. The first-order chi connectivity index (χ1) is 37.6. The Labute approximate surface area is 472 Å². The summed E-state index contributed by atoms with van der Waals surface area (Å²) >= 11 is 0. The summed E-state index contributed by atoms with van der Waals surface area (Å²) in [6.07, 6.45) is 78.8. The first-order valence-corrected chi connectivity index (χ1v) is 30.7. The van der Waals surface area contributed by atoms with Crippen molar-refractivity contribution in [3.63, 3.8) is 0 Å². The van der Waals surface area contributed by atoms with Crippen LogP contribution in [0.2, 0.25) is 0 Å². The third-order valence-electron chi connectivity index (χ3n) is 12.7. The number of quaternary nitrogens is 1. The van der Waals surface area contributed by atoms with Gasteiger partial charge in [0, 0.05) is 12.8 Å².